The molecule has 0 aliphatic carbocycles. The highest BCUT2D eigenvalue weighted by Crippen LogP contribution is 2.31. The van der Waals surface area contributed by atoms with E-state index in [1.54, 1.807) is 12.4 Å². The molecule has 5 rings (SSSR count). The maximum Gasteiger partial charge on any atom is 0.137 e. The minimum absolute atomic E-state index is 0.429. The molecule has 6 heteroatoms. The maximum atomic E-state index is 6.00. The van der Waals surface area contributed by atoms with E-state index in [1.807, 2.05) is 78.7 Å². The molecular formula is C24H21N5O. The summed E-state index contributed by atoms with van der Waals surface area (Å²) in [5, 5.41) is 4.66. The van der Waals surface area contributed by atoms with Crippen LogP contribution in [0.15, 0.2) is 79.4 Å². The molecule has 4 aromatic heterocycles. The van der Waals surface area contributed by atoms with Gasteiger partial charge in [0.15, 0.2) is 0 Å². The van der Waals surface area contributed by atoms with Gasteiger partial charge in [-0.3, -0.25) is 9.67 Å². The van der Waals surface area contributed by atoms with Gasteiger partial charge in [0.25, 0.3) is 0 Å². The van der Waals surface area contributed by atoms with Gasteiger partial charge in [0, 0.05) is 48.7 Å². The Balaban J connectivity index is 1.37. The summed E-state index contributed by atoms with van der Waals surface area (Å²) in [6.45, 7) is 2.49. The number of aryl methyl sites for hydroxylation is 2. The summed E-state index contributed by atoms with van der Waals surface area (Å²) in [6, 6.07) is 18.0. The van der Waals surface area contributed by atoms with Crippen molar-refractivity contribution in [2.24, 2.45) is 7.05 Å². The van der Waals surface area contributed by atoms with E-state index in [4.69, 9.17) is 4.74 Å². The summed E-state index contributed by atoms with van der Waals surface area (Å²) >= 11 is 0. The smallest absolute Gasteiger partial charge is 0.137 e. The molecule has 0 saturated carbocycles. The Morgan fingerprint density at radius 2 is 1.73 bits per heavy atom. The van der Waals surface area contributed by atoms with Crippen LogP contribution in [-0.4, -0.2) is 24.1 Å². The Morgan fingerprint density at radius 1 is 0.933 bits per heavy atom. The molecule has 0 aliphatic heterocycles. The second-order valence-corrected chi connectivity index (χ2v) is 7.19. The Bertz CT molecular complexity index is 1300. The van der Waals surface area contributed by atoms with Crippen LogP contribution in [0, 0.1) is 6.92 Å². The lowest BCUT2D eigenvalue weighted by Crippen LogP contribution is -1.98. The minimum atomic E-state index is 0.429. The quantitative estimate of drug-likeness (QED) is 0.433. The second kappa shape index (κ2) is 7.48. The third-order valence-corrected chi connectivity index (χ3v) is 5.19. The average molecular weight is 395 g/mol. The van der Waals surface area contributed by atoms with Crippen molar-refractivity contribution in [3.63, 3.8) is 0 Å². The average Bonchev–Trinajstić information content (AvgIpc) is 3.33. The van der Waals surface area contributed by atoms with Gasteiger partial charge in [0.1, 0.15) is 23.7 Å². The van der Waals surface area contributed by atoms with E-state index in [0.29, 0.717) is 6.61 Å². The van der Waals surface area contributed by atoms with Crippen LogP contribution in [0.3, 0.4) is 0 Å². The second-order valence-electron chi connectivity index (χ2n) is 7.19. The van der Waals surface area contributed by atoms with Gasteiger partial charge in [-0.1, -0.05) is 6.07 Å². The fourth-order valence-electron chi connectivity index (χ4n) is 3.61. The predicted molar refractivity (Wildman–Crippen MR) is 116 cm³/mol. The zero-order chi connectivity index (χ0) is 20.5. The van der Waals surface area contributed by atoms with Crippen LogP contribution >= 0.6 is 0 Å². The Labute approximate surface area is 174 Å². The topological polar surface area (TPSA) is 57.2 Å². The number of hydrogen-bond donors (Lipinski definition) is 0. The van der Waals surface area contributed by atoms with Crippen LogP contribution in [0.1, 0.15) is 11.4 Å². The number of nitrogens with zero attached hydrogens (tertiary/aromatic N) is 5. The first-order chi connectivity index (χ1) is 14.7. The molecule has 30 heavy (non-hydrogen) atoms. The van der Waals surface area contributed by atoms with Crippen molar-refractivity contribution in [3.05, 3.63) is 90.8 Å². The Kier molecular flexibility index (Phi) is 4.52. The van der Waals surface area contributed by atoms with Gasteiger partial charge in [-0.25, -0.2) is 4.98 Å². The monoisotopic (exact) mass is 395 g/mol. The largest absolute Gasteiger partial charge is 0.487 e. The summed E-state index contributed by atoms with van der Waals surface area (Å²) < 4.78 is 9.91. The van der Waals surface area contributed by atoms with E-state index in [0.717, 1.165) is 45.2 Å². The molecule has 0 N–H and O–H groups in total. The van der Waals surface area contributed by atoms with Gasteiger partial charge in [-0.15, -0.1) is 0 Å². The van der Waals surface area contributed by atoms with E-state index in [9.17, 15) is 0 Å². The van der Waals surface area contributed by atoms with Crippen molar-refractivity contribution in [1.82, 2.24) is 24.1 Å². The Hall–Kier alpha value is -3.93. The van der Waals surface area contributed by atoms with Crippen molar-refractivity contribution < 1.29 is 4.74 Å². The van der Waals surface area contributed by atoms with Crippen LogP contribution in [0.4, 0.5) is 0 Å². The van der Waals surface area contributed by atoms with E-state index < -0.39 is 0 Å². The van der Waals surface area contributed by atoms with Crippen molar-refractivity contribution >= 4 is 5.65 Å². The van der Waals surface area contributed by atoms with Gasteiger partial charge in [0.2, 0.25) is 0 Å². The number of aromatic nitrogens is 5. The molecule has 148 valence electrons. The van der Waals surface area contributed by atoms with Gasteiger partial charge in [-0.05, 0) is 61.0 Å². The van der Waals surface area contributed by atoms with Crippen molar-refractivity contribution in [3.8, 4) is 28.1 Å². The Morgan fingerprint density at radius 3 is 2.50 bits per heavy atom. The standard InChI is InChI=1S/C24H21N5O/c1-17-22(26-23-5-3-4-14-29(17)23)16-30-20-8-6-19(7-9-20)24-21(15-28(2)27-24)18-10-12-25-13-11-18/h3-15H,16H2,1-2H3. The van der Waals surface area contributed by atoms with Crippen molar-refractivity contribution in [2.45, 2.75) is 13.5 Å². The van der Waals surface area contributed by atoms with Crippen LogP contribution < -0.4 is 4.74 Å². The van der Waals surface area contributed by atoms with Crippen LogP contribution in [0.25, 0.3) is 28.0 Å². The van der Waals surface area contributed by atoms with E-state index in [1.165, 1.54) is 0 Å². The minimum Gasteiger partial charge on any atom is -0.487 e. The molecular weight excluding hydrogens is 374 g/mol. The third-order valence-electron chi connectivity index (χ3n) is 5.19. The molecule has 4 heterocycles. The zero-order valence-electron chi connectivity index (χ0n) is 16.9. The van der Waals surface area contributed by atoms with Crippen molar-refractivity contribution in [1.29, 1.82) is 0 Å². The lowest BCUT2D eigenvalue weighted by Gasteiger charge is -2.07. The van der Waals surface area contributed by atoms with Crippen LogP contribution in [0.5, 0.6) is 5.75 Å². The molecule has 0 unspecified atom stereocenters. The van der Waals surface area contributed by atoms with Crippen LogP contribution in [-0.2, 0) is 13.7 Å². The van der Waals surface area contributed by atoms with Gasteiger partial charge < -0.3 is 9.14 Å². The number of ether oxygens (including phenoxy) is 1. The molecule has 5 aromatic rings. The SMILES string of the molecule is Cc1c(COc2ccc(-c3nn(C)cc3-c3ccncc3)cc2)nc2ccccn12. The fraction of sp³-hybridized carbons (Fsp3) is 0.125. The molecule has 0 aliphatic rings. The molecule has 0 amide bonds. The highest BCUT2D eigenvalue weighted by molar-refractivity contribution is 5.80. The van der Waals surface area contributed by atoms with Crippen LogP contribution in [0.2, 0.25) is 0 Å². The third kappa shape index (κ3) is 3.33. The molecule has 1 aromatic carbocycles. The molecule has 0 saturated heterocycles. The summed E-state index contributed by atoms with van der Waals surface area (Å²) in [7, 11) is 1.93. The van der Waals surface area contributed by atoms with E-state index in [2.05, 4.69) is 26.4 Å². The number of pyridine rings is 2. The highest BCUT2D eigenvalue weighted by Gasteiger charge is 2.13. The first-order valence-electron chi connectivity index (χ1n) is 9.79. The first-order valence-corrected chi connectivity index (χ1v) is 9.79. The molecule has 0 radical (unpaired) electrons. The molecule has 0 bridgehead atoms. The van der Waals surface area contributed by atoms with E-state index in [-0.39, 0.29) is 0 Å². The lowest BCUT2D eigenvalue weighted by atomic mass is 10.0. The summed E-state index contributed by atoms with van der Waals surface area (Å²) in [5.41, 5.74) is 7.12. The summed E-state index contributed by atoms with van der Waals surface area (Å²) in [6.07, 6.45) is 7.64. The van der Waals surface area contributed by atoms with Gasteiger partial charge >= 0.3 is 0 Å². The van der Waals surface area contributed by atoms with Gasteiger partial charge in [-0.2, -0.15) is 5.10 Å². The molecule has 0 fully saturated rings. The lowest BCUT2D eigenvalue weighted by molar-refractivity contribution is 0.301. The van der Waals surface area contributed by atoms with Crippen molar-refractivity contribution in [2.75, 3.05) is 0 Å². The number of imidazole rings is 1. The highest BCUT2D eigenvalue weighted by atomic mass is 16.5. The number of benzene rings is 1. The molecule has 6 nitrogen and oxygen atoms in total. The number of fused-ring (bicyclic) bond motifs is 1. The molecule has 0 spiro atoms. The zero-order valence-corrected chi connectivity index (χ0v) is 16.9. The fourth-order valence-corrected chi connectivity index (χ4v) is 3.61. The predicted octanol–water partition coefficient (Wildman–Crippen LogP) is 4.68. The first kappa shape index (κ1) is 18.1. The normalized spacial score (nSPS) is 11.1. The number of hydrogen-bond acceptors (Lipinski definition) is 4. The maximum absolute atomic E-state index is 6.00. The van der Waals surface area contributed by atoms with Gasteiger partial charge in [0.05, 0.1) is 5.69 Å². The molecule has 0 atom stereocenters. The summed E-state index contributed by atoms with van der Waals surface area (Å²) in [5.74, 6) is 0.802. The van der Waals surface area contributed by atoms with E-state index >= 15 is 0 Å². The summed E-state index contributed by atoms with van der Waals surface area (Å²) in [4.78, 5) is 8.77. The number of rotatable bonds is 5.